The maximum Gasteiger partial charge on any atom is 0.00767 e. The summed E-state index contributed by atoms with van der Waals surface area (Å²) < 4.78 is 0. The first-order chi connectivity index (χ1) is 4.06. The monoisotopic (exact) mass is 128 g/mol. The minimum atomic E-state index is 0.483. The van der Waals surface area contributed by atoms with E-state index >= 15 is 0 Å². The molecular weight excluding hydrogens is 110 g/mol. The Morgan fingerprint density at radius 1 is 1.33 bits per heavy atom. The Hall–Kier alpha value is -0.0400. The first-order valence-corrected chi connectivity index (χ1v) is 3.56. The van der Waals surface area contributed by atoms with Gasteiger partial charge in [-0.15, -0.1) is 0 Å². The van der Waals surface area contributed by atoms with Crippen molar-refractivity contribution in [1.29, 1.82) is 0 Å². The average molecular weight is 128 g/mol. The largest absolute Gasteiger partial charge is 0.315 e. The van der Waals surface area contributed by atoms with E-state index in [-0.39, 0.29) is 0 Å². The van der Waals surface area contributed by atoms with E-state index in [0.29, 0.717) is 5.41 Å². The minimum absolute atomic E-state index is 0.483. The quantitative estimate of drug-likeness (QED) is 0.574. The number of nitrogens with one attached hydrogen (secondary N) is 1. The lowest BCUT2D eigenvalue weighted by Gasteiger charge is -2.16. The van der Waals surface area contributed by atoms with Gasteiger partial charge >= 0.3 is 0 Å². The maximum absolute atomic E-state index is 3.56. The molecule has 0 heterocycles. The Labute approximate surface area is 58.8 Å². The van der Waals surface area contributed by atoms with Crippen molar-refractivity contribution in [3.05, 3.63) is 7.05 Å². The lowest BCUT2D eigenvalue weighted by atomic mass is 9.91. The molecule has 0 bridgehead atoms. The Bertz CT molecular complexity index is 61.5. The highest BCUT2D eigenvalue weighted by Gasteiger charge is 2.07. The van der Waals surface area contributed by atoms with Crippen molar-refractivity contribution in [2.24, 2.45) is 5.41 Å². The molecule has 55 valence electrons. The second-order valence-electron chi connectivity index (χ2n) is 3.66. The van der Waals surface area contributed by atoms with Gasteiger partial charge in [0.25, 0.3) is 0 Å². The molecule has 0 aliphatic rings. The highest BCUT2D eigenvalue weighted by molar-refractivity contribution is 4.61. The van der Waals surface area contributed by atoms with Gasteiger partial charge in [-0.2, -0.15) is 0 Å². The van der Waals surface area contributed by atoms with E-state index in [2.05, 4.69) is 33.1 Å². The van der Waals surface area contributed by atoms with Crippen LogP contribution in [0, 0.1) is 12.5 Å². The molecule has 0 atom stereocenters. The molecule has 0 saturated carbocycles. The van der Waals surface area contributed by atoms with Crippen molar-refractivity contribution in [3.63, 3.8) is 0 Å². The van der Waals surface area contributed by atoms with E-state index in [0.717, 1.165) is 6.54 Å². The van der Waals surface area contributed by atoms with Crippen LogP contribution in [0.15, 0.2) is 0 Å². The molecule has 1 heteroatoms. The summed E-state index contributed by atoms with van der Waals surface area (Å²) in [5.41, 5.74) is 0.483. The van der Waals surface area contributed by atoms with E-state index in [1.807, 2.05) is 0 Å². The van der Waals surface area contributed by atoms with Gasteiger partial charge in [0.05, 0.1) is 0 Å². The zero-order valence-electron chi connectivity index (χ0n) is 6.83. The molecule has 0 aromatic carbocycles. The third-order valence-electron chi connectivity index (χ3n) is 1.28. The van der Waals surface area contributed by atoms with Crippen LogP contribution in [0.3, 0.4) is 0 Å². The third-order valence-corrected chi connectivity index (χ3v) is 1.28. The van der Waals surface area contributed by atoms with Crippen LogP contribution in [0.5, 0.6) is 0 Å². The standard InChI is InChI=1S/C8H18N/c1-8(2,3)6-5-7-9-4/h9H,4-7H2,1-3H3. The van der Waals surface area contributed by atoms with Gasteiger partial charge in [-0.25, -0.2) is 0 Å². The lowest BCUT2D eigenvalue weighted by Crippen LogP contribution is -2.10. The minimum Gasteiger partial charge on any atom is -0.315 e. The second kappa shape index (κ2) is 3.89. The second-order valence-corrected chi connectivity index (χ2v) is 3.66. The molecule has 1 radical (unpaired) electrons. The number of hydrogen-bond acceptors (Lipinski definition) is 1. The van der Waals surface area contributed by atoms with Crippen molar-refractivity contribution in [2.75, 3.05) is 6.54 Å². The Morgan fingerprint density at radius 2 is 1.89 bits per heavy atom. The fourth-order valence-electron chi connectivity index (χ4n) is 0.744. The molecule has 0 aliphatic heterocycles. The molecule has 0 fully saturated rings. The van der Waals surface area contributed by atoms with Crippen LogP contribution in [0.25, 0.3) is 0 Å². The van der Waals surface area contributed by atoms with E-state index in [9.17, 15) is 0 Å². The van der Waals surface area contributed by atoms with Crippen LogP contribution in [0.2, 0.25) is 0 Å². The zero-order valence-corrected chi connectivity index (χ0v) is 6.83. The molecule has 1 N–H and O–H groups in total. The summed E-state index contributed by atoms with van der Waals surface area (Å²) in [6.45, 7) is 7.82. The summed E-state index contributed by atoms with van der Waals surface area (Å²) in [6, 6.07) is 0. The third kappa shape index (κ3) is 7.96. The van der Waals surface area contributed by atoms with Crippen LogP contribution in [-0.2, 0) is 0 Å². The van der Waals surface area contributed by atoms with Gasteiger partial charge in [0.1, 0.15) is 0 Å². The predicted octanol–water partition coefficient (Wildman–Crippen LogP) is 2.19. The highest BCUT2D eigenvalue weighted by atomic mass is 14.8. The fraction of sp³-hybridized carbons (Fsp3) is 0.875. The summed E-state index contributed by atoms with van der Waals surface area (Å²) in [5.74, 6) is 0. The summed E-state index contributed by atoms with van der Waals surface area (Å²) in [4.78, 5) is 0. The van der Waals surface area contributed by atoms with Gasteiger partial charge in [-0.05, 0) is 24.8 Å². The van der Waals surface area contributed by atoms with E-state index in [1.54, 1.807) is 0 Å². The maximum atomic E-state index is 3.56. The zero-order chi connectivity index (χ0) is 7.33. The van der Waals surface area contributed by atoms with Crippen LogP contribution >= 0.6 is 0 Å². The van der Waals surface area contributed by atoms with Crippen LogP contribution in [0.1, 0.15) is 33.6 Å². The summed E-state index contributed by atoms with van der Waals surface area (Å²) in [7, 11) is 3.56. The highest BCUT2D eigenvalue weighted by Crippen LogP contribution is 2.19. The van der Waals surface area contributed by atoms with E-state index in [4.69, 9.17) is 0 Å². The van der Waals surface area contributed by atoms with Crippen molar-refractivity contribution in [1.82, 2.24) is 5.32 Å². The Balaban J connectivity index is 3.07. The van der Waals surface area contributed by atoms with Crippen molar-refractivity contribution >= 4 is 0 Å². The summed E-state index contributed by atoms with van der Waals surface area (Å²) >= 11 is 0. The molecule has 0 spiro atoms. The van der Waals surface area contributed by atoms with Gasteiger partial charge < -0.3 is 5.32 Å². The van der Waals surface area contributed by atoms with Gasteiger partial charge in [0, 0.05) is 7.05 Å². The van der Waals surface area contributed by atoms with E-state index in [1.165, 1.54) is 12.8 Å². The molecule has 0 aromatic heterocycles. The predicted molar refractivity (Wildman–Crippen MR) is 42.0 cm³/mol. The molecule has 1 nitrogen and oxygen atoms in total. The van der Waals surface area contributed by atoms with Crippen molar-refractivity contribution in [2.45, 2.75) is 33.6 Å². The number of hydrogen-bond donors (Lipinski definition) is 1. The molecule has 0 saturated heterocycles. The smallest absolute Gasteiger partial charge is 0.00767 e. The van der Waals surface area contributed by atoms with Gasteiger partial charge in [0.15, 0.2) is 0 Å². The molecule has 0 aromatic rings. The summed E-state index contributed by atoms with van der Waals surface area (Å²) in [6.07, 6.45) is 2.50. The van der Waals surface area contributed by atoms with Gasteiger partial charge in [-0.1, -0.05) is 20.8 Å². The topological polar surface area (TPSA) is 12.0 Å². The summed E-state index contributed by atoms with van der Waals surface area (Å²) in [5, 5.41) is 2.89. The fourth-order valence-corrected chi connectivity index (χ4v) is 0.744. The Kier molecular flexibility index (Phi) is 3.87. The molecule has 0 amide bonds. The van der Waals surface area contributed by atoms with Crippen LogP contribution < -0.4 is 5.32 Å². The van der Waals surface area contributed by atoms with E-state index < -0.39 is 0 Å². The average Bonchev–Trinajstić information content (AvgIpc) is 1.63. The van der Waals surface area contributed by atoms with Gasteiger partial charge in [0.2, 0.25) is 0 Å². The van der Waals surface area contributed by atoms with Crippen molar-refractivity contribution in [3.8, 4) is 0 Å². The molecule has 0 aliphatic carbocycles. The lowest BCUT2D eigenvalue weighted by molar-refractivity contribution is 0.364. The molecule has 0 rings (SSSR count). The van der Waals surface area contributed by atoms with Gasteiger partial charge in [-0.3, -0.25) is 0 Å². The van der Waals surface area contributed by atoms with Crippen LogP contribution in [-0.4, -0.2) is 6.54 Å². The Morgan fingerprint density at radius 3 is 2.22 bits per heavy atom. The SMILES string of the molecule is [CH2]NCCCC(C)(C)C. The van der Waals surface area contributed by atoms with Crippen LogP contribution in [0.4, 0.5) is 0 Å². The first-order valence-electron chi connectivity index (χ1n) is 3.56. The first kappa shape index (κ1) is 8.96. The molecule has 9 heavy (non-hydrogen) atoms. The number of rotatable bonds is 3. The molecular formula is C8H18N. The van der Waals surface area contributed by atoms with Crippen molar-refractivity contribution < 1.29 is 0 Å². The molecule has 0 unspecified atom stereocenters. The normalized spacial score (nSPS) is 12.0.